The number of rotatable bonds is 2. The second-order valence-corrected chi connectivity index (χ2v) is 5.27. The highest BCUT2D eigenvalue weighted by atomic mass is 32.1. The minimum absolute atomic E-state index is 0.220. The molecule has 2 nitrogen and oxygen atoms in total. The lowest BCUT2D eigenvalue weighted by atomic mass is 10.2. The molecule has 5 heteroatoms. The van der Waals surface area contributed by atoms with Gasteiger partial charge in [-0.3, -0.25) is 0 Å². The molecular weight excluding hydrogens is 266 g/mol. The van der Waals surface area contributed by atoms with Crippen molar-refractivity contribution in [1.82, 2.24) is 4.98 Å². The first-order valence-corrected chi connectivity index (χ1v) is 6.53. The summed E-state index contributed by atoms with van der Waals surface area (Å²) in [6, 6.07) is 9.38. The predicted octanol–water partition coefficient (Wildman–Crippen LogP) is 4.63. The van der Waals surface area contributed by atoms with E-state index in [1.807, 2.05) is 25.1 Å². The van der Waals surface area contributed by atoms with Gasteiger partial charge >= 0.3 is 0 Å². The Balaban J connectivity index is 1.96. The molecule has 1 heterocycles. The molecule has 0 saturated carbocycles. The highest BCUT2D eigenvalue weighted by molar-refractivity contribution is 7.22. The Hall–Kier alpha value is -2.01. The van der Waals surface area contributed by atoms with Crippen LogP contribution in [0.25, 0.3) is 10.2 Å². The van der Waals surface area contributed by atoms with Crippen molar-refractivity contribution >= 4 is 32.4 Å². The summed E-state index contributed by atoms with van der Waals surface area (Å²) in [6.07, 6.45) is 0. The van der Waals surface area contributed by atoms with Crippen molar-refractivity contribution in [1.29, 1.82) is 0 Å². The average molecular weight is 276 g/mol. The van der Waals surface area contributed by atoms with E-state index >= 15 is 0 Å². The van der Waals surface area contributed by atoms with Gasteiger partial charge in [-0.15, -0.1) is 0 Å². The maximum Gasteiger partial charge on any atom is 0.188 e. The van der Waals surface area contributed by atoms with Gasteiger partial charge in [-0.25, -0.2) is 13.8 Å². The van der Waals surface area contributed by atoms with Crippen molar-refractivity contribution in [2.75, 3.05) is 5.32 Å². The van der Waals surface area contributed by atoms with E-state index in [9.17, 15) is 8.78 Å². The third kappa shape index (κ3) is 2.42. The van der Waals surface area contributed by atoms with E-state index in [0.29, 0.717) is 5.13 Å². The van der Waals surface area contributed by atoms with E-state index in [1.165, 1.54) is 23.5 Å². The van der Waals surface area contributed by atoms with Crippen LogP contribution >= 0.6 is 11.3 Å². The molecule has 0 amide bonds. The van der Waals surface area contributed by atoms with Gasteiger partial charge in [0.2, 0.25) is 0 Å². The van der Waals surface area contributed by atoms with Gasteiger partial charge in [-0.2, -0.15) is 0 Å². The maximum atomic E-state index is 13.5. The van der Waals surface area contributed by atoms with Crippen LogP contribution < -0.4 is 5.32 Å². The normalized spacial score (nSPS) is 10.9. The molecule has 0 aliphatic carbocycles. The van der Waals surface area contributed by atoms with Crippen molar-refractivity contribution < 1.29 is 8.78 Å². The molecule has 1 N–H and O–H groups in total. The SMILES string of the molecule is Cc1ccc2sc(Nc3ccc(F)cc3F)nc2c1. The smallest absolute Gasteiger partial charge is 0.188 e. The number of nitrogens with zero attached hydrogens (tertiary/aromatic N) is 1. The Morgan fingerprint density at radius 1 is 1.11 bits per heavy atom. The molecule has 0 bridgehead atoms. The van der Waals surface area contributed by atoms with Gasteiger partial charge in [0.25, 0.3) is 0 Å². The fourth-order valence-corrected chi connectivity index (χ4v) is 2.66. The zero-order chi connectivity index (χ0) is 13.4. The number of aromatic nitrogens is 1. The summed E-state index contributed by atoms with van der Waals surface area (Å²) in [5.74, 6) is -1.22. The number of fused-ring (bicyclic) bond motifs is 1. The highest BCUT2D eigenvalue weighted by Crippen LogP contribution is 2.29. The summed E-state index contributed by atoms with van der Waals surface area (Å²) in [7, 11) is 0. The minimum Gasteiger partial charge on any atom is -0.329 e. The van der Waals surface area contributed by atoms with Crippen LogP contribution in [0.5, 0.6) is 0 Å². The third-order valence-corrected chi connectivity index (χ3v) is 3.67. The Kier molecular flexibility index (Phi) is 2.91. The molecule has 2 aromatic carbocycles. The molecule has 3 aromatic rings. The first-order valence-electron chi connectivity index (χ1n) is 5.71. The summed E-state index contributed by atoms with van der Waals surface area (Å²) in [5.41, 5.74) is 2.21. The molecule has 0 atom stereocenters. The van der Waals surface area contributed by atoms with E-state index in [2.05, 4.69) is 10.3 Å². The molecule has 0 radical (unpaired) electrons. The van der Waals surface area contributed by atoms with Crippen LogP contribution in [0, 0.1) is 18.6 Å². The van der Waals surface area contributed by atoms with E-state index in [0.717, 1.165) is 21.8 Å². The summed E-state index contributed by atoms with van der Waals surface area (Å²) in [5, 5.41) is 3.46. The van der Waals surface area contributed by atoms with E-state index in [1.54, 1.807) is 0 Å². The van der Waals surface area contributed by atoms with Crippen molar-refractivity contribution in [2.24, 2.45) is 0 Å². The number of aryl methyl sites for hydroxylation is 1. The Bertz CT molecular complexity index is 752. The lowest BCUT2D eigenvalue weighted by Crippen LogP contribution is -1.93. The fraction of sp³-hybridized carbons (Fsp3) is 0.0714. The number of benzene rings is 2. The van der Waals surface area contributed by atoms with Crippen LogP contribution in [-0.2, 0) is 0 Å². The first-order chi connectivity index (χ1) is 9.11. The number of hydrogen-bond acceptors (Lipinski definition) is 3. The Morgan fingerprint density at radius 3 is 2.74 bits per heavy atom. The monoisotopic (exact) mass is 276 g/mol. The average Bonchev–Trinajstić information content (AvgIpc) is 2.74. The van der Waals surface area contributed by atoms with Crippen molar-refractivity contribution in [2.45, 2.75) is 6.92 Å². The molecule has 0 spiro atoms. The van der Waals surface area contributed by atoms with Gasteiger partial charge in [-0.1, -0.05) is 17.4 Å². The Labute approximate surface area is 112 Å². The quantitative estimate of drug-likeness (QED) is 0.738. The molecule has 19 heavy (non-hydrogen) atoms. The number of anilines is 2. The molecule has 0 aliphatic heterocycles. The highest BCUT2D eigenvalue weighted by Gasteiger charge is 2.08. The van der Waals surface area contributed by atoms with Gasteiger partial charge in [0, 0.05) is 6.07 Å². The summed E-state index contributed by atoms with van der Waals surface area (Å²) >= 11 is 1.43. The molecule has 96 valence electrons. The summed E-state index contributed by atoms with van der Waals surface area (Å²) in [6.45, 7) is 1.99. The summed E-state index contributed by atoms with van der Waals surface area (Å²) < 4.78 is 27.4. The van der Waals surface area contributed by atoms with Crippen LogP contribution in [0.2, 0.25) is 0 Å². The summed E-state index contributed by atoms with van der Waals surface area (Å²) in [4.78, 5) is 4.38. The zero-order valence-electron chi connectivity index (χ0n) is 10.1. The van der Waals surface area contributed by atoms with Crippen molar-refractivity contribution in [3.8, 4) is 0 Å². The number of hydrogen-bond donors (Lipinski definition) is 1. The maximum absolute atomic E-state index is 13.5. The number of thiazole rings is 1. The van der Waals surface area contributed by atoms with Gasteiger partial charge in [0.1, 0.15) is 11.6 Å². The molecular formula is C14H10F2N2S. The molecule has 0 fully saturated rings. The fourth-order valence-electron chi connectivity index (χ4n) is 1.80. The van der Waals surface area contributed by atoms with Crippen LogP contribution in [0.1, 0.15) is 5.56 Å². The van der Waals surface area contributed by atoms with Gasteiger partial charge in [-0.05, 0) is 36.8 Å². The van der Waals surface area contributed by atoms with Crippen LogP contribution in [0.15, 0.2) is 36.4 Å². The standard InChI is InChI=1S/C14H10F2N2S/c1-8-2-5-13-12(6-8)18-14(19-13)17-11-4-3-9(15)7-10(11)16/h2-7H,1H3,(H,17,18). The lowest BCUT2D eigenvalue weighted by Gasteiger charge is -2.03. The topological polar surface area (TPSA) is 24.9 Å². The lowest BCUT2D eigenvalue weighted by molar-refractivity contribution is 0.586. The largest absolute Gasteiger partial charge is 0.329 e. The van der Waals surface area contributed by atoms with E-state index in [-0.39, 0.29) is 5.69 Å². The van der Waals surface area contributed by atoms with Crippen molar-refractivity contribution in [3.05, 3.63) is 53.6 Å². The molecule has 0 aliphatic rings. The van der Waals surface area contributed by atoms with Crippen LogP contribution in [0.3, 0.4) is 0 Å². The molecule has 3 rings (SSSR count). The van der Waals surface area contributed by atoms with Crippen LogP contribution in [0.4, 0.5) is 19.6 Å². The minimum atomic E-state index is -0.629. The number of nitrogens with one attached hydrogen (secondary N) is 1. The van der Waals surface area contributed by atoms with Gasteiger partial charge in [0.15, 0.2) is 5.13 Å². The van der Waals surface area contributed by atoms with E-state index in [4.69, 9.17) is 0 Å². The molecule has 0 saturated heterocycles. The van der Waals surface area contributed by atoms with E-state index < -0.39 is 11.6 Å². The van der Waals surface area contributed by atoms with Gasteiger partial charge in [0.05, 0.1) is 15.9 Å². The Morgan fingerprint density at radius 2 is 1.95 bits per heavy atom. The second kappa shape index (κ2) is 4.59. The second-order valence-electron chi connectivity index (χ2n) is 4.24. The molecule has 1 aromatic heterocycles. The van der Waals surface area contributed by atoms with Crippen molar-refractivity contribution in [3.63, 3.8) is 0 Å². The predicted molar refractivity (Wildman–Crippen MR) is 74.0 cm³/mol. The third-order valence-electron chi connectivity index (χ3n) is 2.72. The number of halogens is 2. The zero-order valence-corrected chi connectivity index (χ0v) is 10.9. The first kappa shape index (κ1) is 12.0. The molecule has 0 unspecified atom stereocenters. The van der Waals surface area contributed by atoms with Crippen LogP contribution in [-0.4, -0.2) is 4.98 Å². The van der Waals surface area contributed by atoms with Gasteiger partial charge < -0.3 is 5.32 Å².